The molecule has 36 heavy (non-hydrogen) atoms. The molecule has 1 unspecified atom stereocenters. The largest absolute Gasteiger partial charge is 0.465 e. The van der Waals surface area contributed by atoms with E-state index in [1.165, 1.54) is 37.4 Å². The van der Waals surface area contributed by atoms with Crippen LogP contribution in [0.4, 0.5) is 10.3 Å². The predicted octanol–water partition coefficient (Wildman–Crippen LogP) is 3.48. The number of aliphatic hydroxyl groups is 1. The van der Waals surface area contributed by atoms with Gasteiger partial charge in [0.1, 0.15) is 18.0 Å². The van der Waals surface area contributed by atoms with Crippen molar-refractivity contribution in [3.05, 3.63) is 47.4 Å². The average molecular weight is 522 g/mol. The SMILES string of the molecule is CCCOC(=O)CC(=O)CC(O)C=Cc1c(-c2ccc(F)cc2)nc(N(C)S(C)(=O)=O)nc1C(C)C. The van der Waals surface area contributed by atoms with E-state index >= 15 is 0 Å². The Morgan fingerprint density at radius 3 is 2.39 bits per heavy atom. The van der Waals surface area contributed by atoms with Crippen molar-refractivity contribution in [3.8, 4) is 11.3 Å². The van der Waals surface area contributed by atoms with Crippen LogP contribution in [0.2, 0.25) is 0 Å². The van der Waals surface area contributed by atoms with Crippen LogP contribution in [0, 0.1) is 5.82 Å². The molecule has 196 valence electrons. The number of esters is 1. The maximum atomic E-state index is 13.6. The second-order valence-electron chi connectivity index (χ2n) is 8.63. The number of hydrogen-bond acceptors (Lipinski definition) is 8. The Labute approximate surface area is 211 Å². The van der Waals surface area contributed by atoms with Crippen LogP contribution in [0.5, 0.6) is 0 Å². The van der Waals surface area contributed by atoms with Gasteiger partial charge in [-0.2, -0.15) is 0 Å². The molecule has 2 rings (SSSR count). The topological polar surface area (TPSA) is 127 Å². The Bertz CT molecular complexity index is 1210. The van der Waals surface area contributed by atoms with Gasteiger partial charge in [0.15, 0.2) is 0 Å². The lowest BCUT2D eigenvalue weighted by molar-refractivity contribution is -0.146. The minimum absolute atomic E-state index is 0.0565. The number of aromatic nitrogens is 2. The van der Waals surface area contributed by atoms with Crippen LogP contribution >= 0.6 is 0 Å². The van der Waals surface area contributed by atoms with E-state index in [0.29, 0.717) is 28.9 Å². The Kier molecular flexibility index (Phi) is 10.2. The summed E-state index contributed by atoms with van der Waals surface area (Å²) < 4.78 is 43.7. The van der Waals surface area contributed by atoms with Crippen molar-refractivity contribution in [1.82, 2.24) is 9.97 Å². The molecule has 0 amide bonds. The molecular formula is C25H32FN3O6S. The van der Waals surface area contributed by atoms with Gasteiger partial charge in [-0.05, 0) is 36.6 Å². The molecule has 0 aliphatic heterocycles. The first-order valence-corrected chi connectivity index (χ1v) is 13.3. The van der Waals surface area contributed by atoms with Crippen molar-refractivity contribution < 1.29 is 32.2 Å². The molecule has 9 nitrogen and oxygen atoms in total. The van der Waals surface area contributed by atoms with Gasteiger partial charge in [-0.15, -0.1) is 0 Å². The summed E-state index contributed by atoms with van der Waals surface area (Å²) in [6.07, 6.45) is 2.67. The fourth-order valence-electron chi connectivity index (χ4n) is 3.20. The van der Waals surface area contributed by atoms with Gasteiger partial charge in [-0.25, -0.2) is 27.1 Å². The zero-order valence-electron chi connectivity index (χ0n) is 21.1. The Morgan fingerprint density at radius 2 is 1.83 bits per heavy atom. The van der Waals surface area contributed by atoms with Crippen molar-refractivity contribution >= 4 is 33.8 Å². The quantitative estimate of drug-likeness (QED) is 0.332. The number of carbonyl (C=O) groups is 2. The first kappa shape index (κ1) is 29.1. The van der Waals surface area contributed by atoms with E-state index in [1.54, 1.807) is 6.08 Å². The van der Waals surface area contributed by atoms with Crippen molar-refractivity contribution in [2.75, 3.05) is 24.2 Å². The number of carbonyl (C=O) groups excluding carboxylic acids is 2. The monoisotopic (exact) mass is 521 g/mol. The second kappa shape index (κ2) is 12.7. The van der Waals surface area contributed by atoms with Crippen LogP contribution in [0.1, 0.15) is 57.2 Å². The van der Waals surface area contributed by atoms with Gasteiger partial charge in [0.2, 0.25) is 16.0 Å². The molecule has 1 N–H and O–H groups in total. The maximum absolute atomic E-state index is 13.6. The molecule has 0 aliphatic rings. The smallest absolute Gasteiger partial charge is 0.313 e. The minimum Gasteiger partial charge on any atom is -0.465 e. The van der Waals surface area contributed by atoms with Crippen LogP contribution in [-0.4, -0.2) is 61.3 Å². The highest BCUT2D eigenvalue weighted by molar-refractivity contribution is 7.92. The summed E-state index contributed by atoms with van der Waals surface area (Å²) in [5.41, 5.74) is 1.81. The van der Waals surface area contributed by atoms with E-state index in [9.17, 15) is 27.5 Å². The number of benzene rings is 1. The van der Waals surface area contributed by atoms with E-state index in [-0.39, 0.29) is 24.9 Å². The third-order valence-corrected chi connectivity index (χ3v) is 6.30. The van der Waals surface area contributed by atoms with Gasteiger partial charge < -0.3 is 9.84 Å². The van der Waals surface area contributed by atoms with E-state index in [2.05, 4.69) is 9.97 Å². The zero-order valence-corrected chi connectivity index (χ0v) is 21.9. The number of aliphatic hydroxyl groups excluding tert-OH is 1. The molecule has 0 bridgehead atoms. The van der Waals surface area contributed by atoms with Gasteiger partial charge in [-0.1, -0.05) is 32.9 Å². The first-order chi connectivity index (χ1) is 16.8. The lowest BCUT2D eigenvalue weighted by Gasteiger charge is -2.20. The molecule has 1 heterocycles. The number of rotatable bonds is 12. The Balaban J connectivity index is 2.47. The van der Waals surface area contributed by atoms with Crippen molar-refractivity contribution in [1.29, 1.82) is 0 Å². The van der Waals surface area contributed by atoms with Crippen molar-refractivity contribution in [3.63, 3.8) is 0 Å². The Hall–Kier alpha value is -3.18. The molecule has 0 saturated carbocycles. The molecular weight excluding hydrogens is 489 g/mol. The zero-order chi connectivity index (χ0) is 27.0. The third kappa shape index (κ3) is 8.20. The summed E-state index contributed by atoms with van der Waals surface area (Å²) in [6, 6.07) is 5.52. The molecule has 11 heteroatoms. The highest BCUT2D eigenvalue weighted by Gasteiger charge is 2.22. The number of ketones is 1. The number of hydrogen-bond donors (Lipinski definition) is 1. The van der Waals surface area contributed by atoms with Crippen molar-refractivity contribution in [2.24, 2.45) is 0 Å². The van der Waals surface area contributed by atoms with Gasteiger partial charge in [0.05, 0.1) is 30.4 Å². The molecule has 2 aromatic rings. The van der Waals surface area contributed by atoms with Crippen LogP contribution in [0.25, 0.3) is 17.3 Å². The molecule has 1 atom stereocenters. The van der Waals surface area contributed by atoms with Gasteiger partial charge in [0, 0.05) is 24.6 Å². The number of sulfonamides is 1. The number of halogens is 1. The summed E-state index contributed by atoms with van der Waals surface area (Å²) >= 11 is 0. The van der Waals surface area contributed by atoms with Crippen molar-refractivity contribution in [2.45, 2.75) is 52.1 Å². The van der Waals surface area contributed by atoms with Gasteiger partial charge in [-0.3, -0.25) is 9.59 Å². The van der Waals surface area contributed by atoms with Crippen LogP contribution in [0.3, 0.4) is 0 Å². The number of ether oxygens (including phenoxy) is 1. The molecule has 0 spiro atoms. The molecule has 0 radical (unpaired) electrons. The lowest BCUT2D eigenvalue weighted by Crippen LogP contribution is -2.27. The van der Waals surface area contributed by atoms with Crippen LogP contribution < -0.4 is 4.31 Å². The highest BCUT2D eigenvalue weighted by Crippen LogP contribution is 2.31. The van der Waals surface area contributed by atoms with Gasteiger partial charge >= 0.3 is 5.97 Å². The minimum atomic E-state index is -3.66. The van der Waals surface area contributed by atoms with Crippen LogP contribution in [0.15, 0.2) is 30.3 Å². The predicted molar refractivity (Wildman–Crippen MR) is 135 cm³/mol. The molecule has 1 aromatic heterocycles. The average Bonchev–Trinajstić information content (AvgIpc) is 2.80. The Morgan fingerprint density at radius 1 is 1.19 bits per heavy atom. The van der Waals surface area contributed by atoms with Crippen LogP contribution in [-0.2, 0) is 24.3 Å². The number of nitrogens with zero attached hydrogens (tertiary/aromatic N) is 3. The molecule has 0 aliphatic carbocycles. The molecule has 0 fully saturated rings. The summed E-state index contributed by atoms with van der Waals surface area (Å²) in [7, 11) is -2.32. The first-order valence-electron chi connectivity index (χ1n) is 11.5. The molecule has 1 aromatic carbocycles. The van der Waals surface area contributed by atoms with E-state index in [1.807, 2.05) is 20.8 Å². The summed E-state index contributed by atoms with van der Waals surface area (Å²) in [5.74, 6) is -1.80. The fraction of sp³-hybridized carbons (Fsp3) is 0.440. The summed E-state index contributed by atoms with van der Waals surface area (Å²) in [4.78, 5) is 32.7. The standard InChI is InChI=1S/C25H32FN3O6S/c1-6-13-35-22(32)15-20(31)14-19(30)11-12-21-23(16(2)3)27-25(29(4)36(5,33)34)28-24(21)17-7-9-18(26)10-8-17/h7-12,16,19,30H,6,13-15H2,1-5H3. The maximum Gasteiger partial charge on any atom is 0.313 e. The number of Topliss-reactive ketones (excluding diaryl/α,β-unsaturated/α-hetero) is 1. The normalized spacial score (nSPS) is 12.7. The molecule has 0 saturated heterocycles. The third-order valence-electron chi connectivity index (χ3n) is 5.14. The second-order valence-corrected chi connectivity index (χ2v) is 10.6. The highest BCUT2D eigenvalue weighted by atomic mass is 32.2. The number of anilines is 1. The fourth-order valence-corrected chi connectivity index (χ4v) is 3.58. The van der Waals surface area contributed by atoms with E-state index < -0.39 is 40.1 Å². The van der Waals surface area contributed by atoms with E-state index in [0.717, 1.165) is 10.6 Å². The van der Waals surface area contributed by atoms with Gasteiger partial charge in [0.25, 0.3) is 0 Å². The summed E-state index contributed by atoms with van der Waals surface area (Å²) in [5, 5.41) is 10.4. The summed E-state index contributed by atoms with van der Waals surface area (Å²) in [6.45, 7) is 5.79. The van der Waals surface area contributed by atoms with E-state index in [4.69, 9.17) is 4.74 Å². The lowest BCUT2D eigenvalue weighted by atomic mass is 9.97.